The summed E-state index contributed by atoms with van der Waals surface area (Å²) in [4.78, 5) is 0. The fraction of sp³-hybridized carbons (Fsp3) is 1.00. The summed E-state index contributed by atoms with van der Waals surface area (Å²) in [7, 11) is 7.28. The average Bonchev–Trinajstić information content (AvgIpc) is 3.00. The van der Waals surface area contributed by atoms with Crippen LogP contribution in [0.2, 0.25) is 48.4 Å². The fourth-order valence-corrected chi connectivity index (χ4v) is 16.7. The molecule has 0 N–H and O–H groups in total. The predicted octanol–water partition coefficient (Wildman–Crippen LogP) is 6.17. The quantitative estimate of drug-likeness (QED) is 0.0621. The first-order valence-corrected chi connectivity index (χ1v) is 26.1. The summed E-state index contributed by atoms with van der Waals surface area (Å²) in [5.74, 6) is 0. The maximum atomic E-state index is 5.55. The molecule has 13 heteroatoms. The van der Waals surface area contributed by atoms with Crippen LogP contribution in [0.3, 0.4) is 0 Å². The molecule has 0 aliphatic rings. The van der Waals surface area contributed by atoms with E-state index >= 15 is 0 Å². The molecule has 0 amide bonds. The Morgan fingerprint density at radius 3 is 0.659 bits per heavy atom. The molecule has 0 aliphatic heterocycles. The van der Waals surface area contributed by atoms with E-state index in [0.29, 0.717) is 0 Å². The monoisotopic (exact) mass is 672 g/mol. The molecule has 0 aliphatic carbocycles. The van der Waals surface area contributed by atoms with Gasteiger partial charge in [-0.1, -0.05) is 101 Å². The van der Waals surface area contributed by atoms with E-state index in [9.17, 15) is 0 Å². The van der Waals surface area contributed by atoms with Crippen LogP contribution in [-0.2, 0) is 35.4 Å². The molecule has 0 saturated heterocycles. The maximum Gasteiger partial charge on any atom is 0.320 e. The normalized spacial score (nSPS) is 12.6. The van der Waals surface area contributed by atoms with E-state index in [1.807, 2.05) is 0 Å². The highest BCUT2D eigenvalue weighted by Crippen LogP contribution is 2.35. The van der Waals surface area contributed by atoms with Crippen LogP contribution in [0.15, 0.2) is 0 Å². The van der Waals surface area contributed by atoms with Crippen molar-refractivity contribution in [3.05, 3.63) is 0 Å². The van der Waals surface area contributed by atoms with Gasteiger partial charge in [0.25, 0.3) is 0 Å². The number of unbranched alkanes of at least 4 members (excludes halogenated alkanes) is 8. The smallest absolute Gasteiger partial charge is 0.320 e. The molecule has 0 aromatic heterocycles. The highest BCUT2D eigenvalue weighted by molar-refractivity contribution is 6.79. The Morgan fingerprint density at radius 1 is 0.293 bits per heavy atom. The van der Waals surface area contributed by atoms with E-state index < -0.39 is 45.2 Å². The third-order valence-corrected chi connectivity index (χ3v) is 22.1. The summed E-state index contributed by atoms with van der Waals surface area (Å²) in [5.41, 5.74) is 0. The summed E-state index contributed by atoms with van der Waals surface area (Å²) in [6.07, 6.45) is 15.7. The second-order valence-corrected chi connectivity index (χ2v) is 26.0. The van der Waals surface area contributed by atoms with Crippen LogP contribution in [0.25, 0.3) is 0 Å². The molecule has 0 spiro atoms. The van der Waals surface area contributed by atoms with Crippen LogP contribution in [0.5, 0.6) is 0 Å². The number of hydrogen-bond donors (Lipinski definition) is 0. The molecule has 0 fully saturated rings. The lowest BCUT2D eigenvalue weighted by atomic mass is 10.3. The molecule has 0 rings (SSSR count). The van der Waals surface area contributed by atoms with E-state index in [2.05, 4.69) is 0 Å². The summed E-state index contributed by atoms with van der Waals surface area (Å²) < 4.78 is 44.4. The third kappa shape index (κ3) is 22.0. The Hall–Kier alpha value is 0.764. The van der Waals surface area contributed by atoms with Crippen LogP contribution in [-0.4, -0.2) is 102 Å². The van der Waals surface area contributed by atoms with Gasteiger partial charge in [0, 0.05) is 56.9 Å². The van der Waals surface area contributed by atoms with E-state index in [1.54, 1.807) is 56.9 Å². The lowest BCUT2D eigenvalue weighted by Crippen LogP contribution is -2.34. The van der Waals surface area contributed by atoms with Gasteiger partial charge in [-0.3, -0.25) is 0 Å². The van der Waals surface area contributed by atoms with Crippen molar-refractivity contribution >= 4 is 45.2 Å². The van der Waals surface area contributed by atoms with Crippen molar-refractivity contribution in [2.75, 3.05) is 56.9 Å². The molecule has 0 aromatic rings. The van der Waals surface area contributed by atoms with Gasteiger partial charge in [0.15, 0.2) is 0 Å². The topological polar surface area (TPSA) is 73.8 Å². The van der Waals surface area contributed by atoms with Crippen LogP contribution in [0.4, 0.5) is 0 Å². The Labute approximate surface area is 262 Å². The van der Waals surface area contributed by atoms with Crippen molar-refractivity contribution in [3.8, 4) is 0 Å². The Kier molecular flexibility index (Phi) is 30.0. The van der Waals surface area contributed by atoms with E-state index in [0.717, 1.165) is 24.2 Å². The summed E-state index contributed by atoms with van der Waals surface area (Å²) >= 11 is 0. The van der Waals surface area contributed by atoms with E-state index in [4.69, 9.17) is 35.4 Å². The van der Waals surface area contributed by atoms with E-state index in [1.165, 1.54) is 101 Å². The summed E-state index contributed by atoms with van der Waals surface area (Å²) in [5, 5.41) is 0. The summed E-state index contributed by atoms with van der Waals surface area (Å²) in [6.45, 7) is 0. The molecule has 41 heavy (non-hydrogen) atoms. The minimum Gasteiger partial charge on any atom is -0.400 e. The second-order valence-electron chi connectivity index (χ2n) is 11.5. The average molecular weight is 673 g/mol. The Balaban J connectivity index is 5.19. The van der Waals surface area contributed by atoms with Crippen LogP contribution < -0.4 is 0 Å². The van der Waals surface area contributed by atoms with Gasteiger partial charge in [0.05, 0.1) is 8.07 Å². The van der Waals surface area contributed by atoms with Crippen LogP contribution in [0.1, 0.15) is 77.0 Å². The zero-order valence-electron chi connectivity index (χ0n) is 28.2. The predicted molar refractivity (Wildman–Crippen MR) is 184 cm³/mol. The molecule has 0 heterocycles. The SMILES string of the molecule is CO[SiH](CCCCC[Si](CCCCC[SiH](OC)OC)(CCCCC[SiH](OC)OC)CCCCC[SiH](OC)OC)OC. The fourth-order valence-electron chi connectivity index (χ4n) is 6.03. The van der Waals surface area contributed by atoms with Gasteiger partial charge >= 0.3 is 37.1 Å². The minimum absolute atomic E-state index is 1.12. The Bertz CT molecular complexity index is 446. The lowest BCUT2D eigenvalue weighted by molar-refractivity contribution is 0.276. The second kappa shape index (κ2) is 29.5. The molecular formula is C28H68O8Si5. The van der Waals surface area contributed by atoms with Gasteiger partial charge in [0.2, 0.25) is 0 Å². The largest absolute Gasteiger partial charge is 0.400 e. The van der Waals surface area contributed by atoms with Gasteiger partial charge in [-0.2, -0.15) is 0 Å². The minimum atomic E-state index is -1.44. The molecule has 0 atom stereocenters. The number of hydrogen-bond acceptors (Lipinski definition) is 8. The van der Waals surface area contributed by atoms with Gasteiger partial charge in [0.1, 0.15) is 0 Å². The van der Waals surface area contributed by atoms with Gasteiger partial charge in [-0.25, -0.2) is 0 Å². The van der Waals surface area contributed by atoms with Crippen molar-refractivity contribution in [1.29, 1.82) is 0 Å². The molecule has 0 aromatic carbocycles. The highest BCUT2D eigenvalue weighted by Gasteiger charge is 2.31. The molecule has 248 valence electrons. The zero-order valence-corrected chi connectivity index (χ0v) is 33.8. The molecule has 0 unspecified atom stereocenters. The van der Waals surface area contributed by atoms with Crippen molar-refractivity contribution in [2.45, 2.75) is 125 Å². The van der Waals surface area contributed by atoms with Gasteiger partial charge < -0.3 is 35.4 Å². The van der Waals surface area contributed by atoms with E-state index in [-0.39, 0.29) is 0 Å². The molecule has 8 nitrogen and oxygen atoms in total. The first-order chi connectivity index (χ1) is 20.0. The standard InChI is InChI=1S/C28H68O8Si5/c1-29-37(30-2)21-13-9-17-25-41(26-18-10-14-22-38(31-3)32-4,27-19-11-15-23-39(33-5)34-6)28-20-12-16-24-40(35-7)36-8/h37-40H,9-28H2,1-8H3. The van der Waals surface area contributed by atoms with Crippen molar-refractivity contribution in [2.24, 2.45) is 0 Å². The highest BCUT2D eigenvalue weighted by atomic mass is 28.3. The third-order valence-electron chi connectivity index (χ3n) is 8.69. The van der Waals surface area contributed by atoms with Crippen molar-refractivity contribution < 1.29 is 35.4 Å². The van der Waals surface area contributed by atoms with Crippen LogP contribution in [0, 0.1) is 0 Å². The Morgan fingerprint density at radius 2 is 0.488 bits per heavy atom. The molecule has 0 saturated carbocycles. The zero-order chi connectivity index (χ0) is 30.6. The number of rotatable bonds is 32. The van der Waals surface area contributed by atoms with Gasteiger partial charge in [-0.15, -0.1) is 0 Å². The molecule has 0 bridgehead atoms. The van der Waals surface area contributed by atoms with Gasteiger partial charge in [-0.05, 0) is 24.2 Å². The van der Waals surface area contributed by atoms with Crippen molar-refractivity contribution in [1.82, 2.24) is 0 Å². The molecular weight excluding hydrogens is 605 g/mol. The maximum absolute atomic E-state index is 5.55. The lowest BCUT2D eigenvalue weighted by Gasteiger charge is -2.33. The summed E-state index contributed by atoms with van der Waals surface area (Å²) in [6, 6.07) is 10.4. The first kappa shape index (κ1) is 41.8. The first-order valence-electron chi connectivity index (χ1n) is 16.2. The van der Waals surface area contributed by atoms with Crippen LogP contribution >= 0.6 is 0 Å². The molecule has 0 radical (unpaired) electrons. The van der Waals surface area contributed by atoms with Crippen molar-refractivity contribution in [3.63, 3.8) is 0 Å².